The van der Waals surface area contributed by atoms with E-state index in [0.717, 1.165) is 33.0 Å². The second kappa shape index (κ2) is 7.33. The van der Waals surface area contributed by atoms with Crippen molar-refractivity contribution in [3.8, 4) is 0 Å². The minimum atomic E-state index is 0.0233. The summed E-state index contributed by atoms with van der Waals surface area (Å²) >= 11 is 1.58. The Hall–Kier alpha value is -2.24. The highest BCUT2D eigenvalue weighted by atomic mass is 32.1. The van der Waals surface area contributed by atoms with Gasteiger partial charge in [0, 0.05) is 5.56 Å². The molecule has 2 aromatic carbocycles. The van der Waals surface area contributed by atoms with E-state index in [0.29, 0.717) is 6.54 Å². The smallest absolute Gasteiger partial charge is 0.260 e. The van der Waals surface area contributed by atoms with Crippen molar-refractivity contribution in [2.75, 3.05) is 32.1 Å². The molecule has 0 bridgehead atoms. The molecule has 1 N–H and O–H groups in total. The van der Waals surface area contributed by atoms with Gasteiger partial charge in [0.1, 0.15) is 0 Å². The average Bonchev–Trinajstić information content (AvgIpc) is 2.97. The van der Waals surface area contributed by atoms with Crippen LogP contribution in [-0.2, 0) is 0 Å². The highest BCUT2D eigenvalue weighted by molar-refractivity contribution is 7.22. The number of hydrogen-bond donors (Lipinski definition) is 1. The van der Waals surface area contributed by atoms with Crippen LogP contribution in [0.15, 0.2) is 42.5 Å². The fourth-order valence-corrected chi connectivity index (χ4v) is 3.80. The van der Waals surface area contributed by atoms with Gasteiger partial charge in [0.25, 0.3) is 5.91 Å². The summed E-state index contributed by atoms with van der Waals surface area (Å²) in [5.41, 5.74) is 3.89. The lowest BCUT2D eigenvalue weighted by Crippen LogP contribution is -3.06. The minimum Gasteiger partial charge on any atom is -0.338 e. The molecule has 0 spiro atoms. The van der Waals surface area contributed by atoms with Crippen LogP contribution < -0.4 is 9.80 Å². The SMILES string of the molecule is Cc1ccc2nc(N(CC[NH+](C)C)C(=O)c3ccccc3C)sc2c1. The summed E-state index contributed by atoms with van der Waals surface area (Å²) in [4.78, 5) is 21.1. The van der Waals surface area contributed by atoms with Gasteiger partial charge in [-0.05, 0) is 43.2 Å². The number of benzene rings is 2. The maximum Gasteiger partial charge on any atom is 0.260 e. The Morgan fingerprint density at radius 2 is 1.92 bits per heavy atom. The van der Waals surface area contributed by atoms with E-state index in [1.54, 1.807) is 11.3 Å². The molecule has 0 saturated heterocycles. The van der Waals surface area contributed by atoms with Crippen LogP contribution in [0.1, 0.15) is 21.5 Å². The van der Waals surface area contributed by atoms with Crippen molar-refractivity contribution in [1.82, 2.24) is 4.98 Å². The Balaban J connectivity index is 2.01. The molecule has 0 fully saturated rings. The summed E-state index contributed by atoms with van der Waals surface area (Å²) in [7, 11) is 4.19. The zero-order chi connectivity index (χ0) is 18.0. The van der Waals surface area contributed by atoms with Crippen molar-refractivity contribution in [1.29, 1.82) is 0 Å². The number of anilines is 1. The van der Waals surface area contributed by atoms with Gasteiger partial charge in [0.05, 0.1) is 37.4 Å². The van der Waals surface area contributed by atoms with Crippen LogP contribution in [-0.4, -0.2) is 38.1 Å². The summed E-state index contributed by atoms with van der Waals surface area (Å²) in [5, 5.41) is 0.773. The third kappa shape index (κ3) is 3.89. The number of hydrogen-bond acceptors (Lipinski definition) is 3. The first-order chi connectivity index (χ1) is 12.0. The number of thiazole rings is 1. The summed E-state index contributed by atoms with van der Waals surface area (Å²) in [5.74, 6) is 0.0233. The molecule has 1 aromatic heterocycles. The number of rotatable bonds is 5. The van der Waals surface area contributed by atoms with E-state index >= 15 is 0 Å². The Bertz CT molecular complexity index is 901. The van der Waals surface area contributed by atoms with Gasteiger partial charge in [-0.15, -0.1) is 0 Å². The van der Waals surface area contributed by atoms with E-state index in [1.807, 2.05) is 42.2 Å². The number of aromatic nitrogens is 1. The van der Waals surface area contributed by atoms with E-state index in [-0.39, 0.29) is 5.91 Å². The van der Waals surface area contributed by atoms with Crippen LogP contribution in [0.4, 0.5) is 5.13 Å². The first-order valence-electron chi connectivity index (χ1n) is 8.49. The minimum absolute atomic E-state index is 0.0233. The fraction of sp³-hybridized carbons (Fsp3) is 0.300. The molecule has 1 heterocycles. The summed E-state index contributed by atoms with van der Waals surface area (Å²) in [6.07, 6.45) is 0. The number of quaternary nitrogens is 1. The number of likely N-dealkylation sites (N-methyl/N-ethyl adjacent to an activating group) is 1. The first kappa shape index (κ1) is 17.6. The monoisotopic (exact) mass is 354 g/mol. The molecule has 0 aliphatic rings. The van der Waals surface area contributed by atoms with Gasteiger partial charge in [-0.3, -0.25) is 9.69 Å². The van der Waals surface area contributed by atoms with Crippen LogP contribution in [0.25, 0.3) is 10.2 Å². The number of fused-ring (bicyclic) bond motifs is 1. The Labute approximate surface area is 152 Å². The van der Waals surface area contributed by atoms with Crippen LogP contribution >= 0.6 is 11.3 Å². The standard InChI is InChI=1S/C20H23N3OS/c1-14-9-10-17-18(13-14)25-20(21-17)23(12-11-22(3)4)19(24)16-8-6-5-7-15(16)2/h5-10,13H,11-12H2,1-4H3/p+1. The molecule has 4 nitrogen and oxygen atoms in total. The lowest BCUT2D eigenvalue weighted by atomic mass is 10.1. The van der Waals surface area contributed by atoms with E-state index in [2.05, 4.69) is 33.2 Å². The largest absolute Gasteiger partial charge is 0.338 e. The van der Waals surface area contributed by atoms with Crippen molar-refractivity contribution in [2.45, 2.75) is 13.8 Å². The molecule has 130 valence electrons. The van der Waals surface area contributed by atoms with Crippen molar-refractivity contribution in [3.05, 3.63) is 59.2 Å². The van der Waals surface area contributed by atoms with Crippen molar-refractivity contribution in [3.63, 3.8) is 0 Å². The molecule has 3 aromatic rings. The van der Waals surface area contributed by atoms with Crippen molar-refractivity contribution in [2.24, 2.45) is 0 Å². The van der Waals surface area contributed by atoms with Crippen LogP contribution in [0.3, 0.4) is 0 Å². The molecule has 3 rings (SSSR count). The number of carbonyl (C=O) groups excluding carboxylic acids is 1. The summed E-state index contributed by atoms with van der Waals surface area (Å²) in [6.45, 7) is 5.57. The molecule has 5 heteroatoms. The van der Waals surface area contributed by atoms with Gasteiger partial charge in [0.2, 0.25) is 0 Å². The molecule has 0 aliphatic carbocycles. The molecule has 0 atom stereocenters. The molecule has 0 radical (unpaired) electrons. The summed E-state index contributed by atoms with van der Waals surface area (Å²) < 4.78 is 1.12. The Kier molecular flexibility index (Phi) is 5.16. The van der Waals surface area contributed by atoms with E-state index in [1.165, 1.54) is 10.5 Å². The van der Waals surface area contributed by atoms with Gasteiger partial charge < -0.3 is 4.90 Å². The maximum atomic E-state index is 13.2. The maximum absolute atomic E-state index is 13.2. The zero-order valence-corrected chi connectivity index (χ0v) is 16.0. The molecule has 25 heavy (non-hydrogen) atoms. The predicted octanol–water partition coefficient (Wildman–Crippen LogP) is 2.70. The molecule has 0 saturated carbocycles. The second-order valence-corrected chi connectivity index (χ2v) is 7.71. The van der Waals surface area contributed by atoms with E-state index < -0.39 is 0 Å². The average molecular weight is 354 g/mol. The lowest BCUT2D eigenvalue weighted by molar-refractivity contribution is -0.856. The topological polar surface area (TPSA) is 37.6 Å². The van der Waals surface area contributed by atoms with E-state index in [9.17, 15) is 4.79 Å². The fourth-order valence-electron chi connectivity index (χ4n) is 2.71. The Morgan fingerprint density at radius 3 is 2.64 bits per heavy atom. The number of amides is 1. The van der Waals surface area contributed by atoms with Gasteiger partial charge in [-0.1, -0.05) is 35.6 Å². The van der Waals surface area contributed by atoms with Crippen LogP contribution in [0, 0.1) is 13.8 Å². The number of carbonyl (C=O) groups is 1. The number of nitrogens with one attached hydrogen (secondary N) is 1. The zero-order valence-electron chi connectivity index (χ0n) is 15.2. The highest BCUT2D eigenvalue weighted by Crippen LogP contribution is 2.30. The quantitative estimate of drug-likeness (QED) is 0.765. The van der Waals surface area contributed by atoms with Gasteiger partial charge in [-0.2, -0.15) is 0 Å². The van der Waals surface area contributed by atoms with Crippen molar-refractivity contribution >= 4 is 32.6 Å². The van der Waals surface area contributed by atoms with Gasteiger partial charge >= 0.3 is 0 Å². The van der Waals surface area contributed by atoms with Crippen LogP contribution in [0.5, 0.6) is 0 Å². The van der Waals surface area contributed by atoms with Gasteiger partial charge in [-0.25, -0.2) is 4.98 Å². The molecule has 0 unspecified atom stereocenters. The normalized spacial score (nSPS) is 11.2. The first-order valence-corrected chi connectivity index (χ1v) is 9.31. The predicted molar refractivity (Wildman–Crippen MR) is 105 cm³/mol. The second-order valence-electron chi connectivity index (χ2n) is 6.70. The third-order valence-corrected chi connectivity index (χ3v) is 5.26. The molecule has 1 amide bonds. The van der Waals surface area contributed by atoms with Crippen LogP contribution in [0.2, 0.25) is 0 Å². The highest BCUT2D eigenvalue weighted by Gasteiger charge is 2.23. The molecular formula is C20H24N3OS+. The summed E-state index contributed by atoms with van der Waals surface area (Å²) in [6, 6.07) is 14.0. The molecule has 0 aliphatic heterocycles. The third-order valence-electron chi connectivity index (χ3n) is 4.22. The number of nitrogens with zero attached hydrogens (tertiary/aromatic N) is 2. The number of aryl methyl sites for hydroxylation is 2. The van der Waals surface area contributed by atoms with E-state index in [4.69, 9.17) is 4.98 Å². The molecular weight excluding hydrogens is 330 g/mol. The lowest BCUT2D eigenvalue weighted by Gasteiger charge is -2.21. The van der Waals surface area contributed by atoms with Gasteiger partial charge in [0.15, 0.2) is 5.13 Å². The Morgan fingerprint density at radius 1 is 1.16 bits per heavy atom. The van der Waals surface area contributed by atoms with Crippen molar-refractivity contribution < 1.29 is 9.69 Å².